The Hall–Kier alpha value is 0.720. The third kappa shape index (κ3) is 5.37. The summed E-state index contributed by atoms with van der Waals surface area (Å²) in [6.07, 6.45) is 14.4. The van der Waals surface area contributed by atoms with Crippen LogP contribution >= 0.6 is 43.5 Å². The van der Waals surface area contributed by atoms with Crippen LogP contribution in [-0.4, -0.2) is 26.6 Å². The first kappa shape index (κ1) is 29.7. The van der Waals surface area contributed by atoms with Gasteiger partial charge in [0.25, 0.3) is 0 Å². The Bertz CT molecular complexity index is 789. The Balaban J connectivity index is 1.47. The number of fused-ring (bicyclic) bond motifs is 5. The fourth-order valence-corrected chi connectivity index (χ4v) is 12.0. The van der Waals surface area contributed by atoms with Crippen molar-refractivity contribution in [1.29, 1.82) is 0 Å². The zero-order chi connectivity index (χ0) is 26.5. The first-order valence-electron chi connectivity index (χ1n) is 15.0. The molecule has 0 N–H and O–H groups in total. The van der Waals surface area contributed by atoms with Crippen LogP contribution in [0.5, 0.6) is 0 Å². The molecule has 0 amide bonds. The average molecular weight is 651 g/mol. The van der Waals surface area contributed by atoms with Crippen molar-refractivity contribution >= 4 is 49.4 Å². The maximum Gasteiger partial charge on any atom is 0.307 e. The Morgan fingerprint density at radius 3 is 2.42 bits per heavy atom. The second-order valence-electron chi connectivity index (χ2n) is 14.2. The molecule has 0 heterocycles. The van der Waals surface area contributed by atoms with Crippen molar-refractivity contribution in [2.75, 3.05) is 0 Å². The van der Waals surface area contributed by atoms with Gasteiger partial charge < -0.3 is 4.74 Å². The maximum atomic E-state index is 12.4. The van der Waals surface area contributed by atoms with Crippen molar-refractivity contribution in [3.05, 3.63) is 0 Å². The number of carbonyl (C=O) groups is 1. The molecule has 4 aliphatic rings. The molecule has 208 valence electrons. The van der Waals surface area contributed by atoms with Crippen LogP contribution in [0.2, 0.25) is 0 Å². The molecule has 0 radical (unpaired) electrons. The Morgan fingerprint density at radius 2 is 1.75 bits per heavy atom. The van der Waals surface area contributed by atoms with Crippen LogP contribution in [0.15, 0.2) is 0 Å². The van der Waals surface area contributed by atoms with Gasteiger partial charge >= 0.3 is 5.97 Å². The monoisotopic (exact) mass is 648 g/mol. The minimum absolute atomic E-state index is 0.00614. The van der Waals surface area contributed by atoms with E-state index in [4.69, 9.17) is 16.3 Å². The number of hydrogen-bond acceptors (Lipinski definition) is 2. The molecule has 4 saturated carbocycles. The van der Waals surface area contributed by atoms with E-state index in [0.717, 1.165) is 54.8 Å². The predicted molar refractivity (Wildman–Crippen MR) is 159 cm³/mol. The average Bonchev–Trinajstić information content (AvgIpc) is 3.12. The van der Waals surface area contributed by atoms with Crippen LogP contribution in [-0.2, 0) is 9.53 Å². The number of esters is 1. The number of carbonyl (C=O) groups excluding carboxylic acids is 1. The Morgan fingerprint density at radius 1 is 1.03 bits per heavy atom. The second-order valence-corrected chi connectivity index (χ2v) is 17.5. The van der Waals surface area contributed by atoms with Crippen molar-refractivity contribution in [3.8, 4) is 0 Å². The van der Waals surface area contributed by atoms with Crippen molar-refractivity contribution in [2.24, 2.45) is 46.3 Å². The highest BCUT2D eigenvalue weighted by Crippen LogP contribution is 2.71. The standard InChI is InChI=1S/C31H51Br2ClO2/c1-19(2)8-7-9-20(3)24-10-11-25-23-17-27(32)31(33)18-22(36-28(35)16-21(4)34)12-15-30(31,6)26(23)13-14-29(24,25)5/h19-27H,7-18H2,1-6H3/t20-,21+,22-,23-,24+,25-,26-,27-,29+,30+,31-/m0/s1. The van der Waals surface area contributed by atoms with Gasteiger partial charge in [-0.2, -0.15) is 0 Å². The van der Waals surface area contributed by atoms with Gasteiger partial charge in [0.05, 0.1) is 6.42 Å². The molecule has 4 fully saturated rings. The van der Waals surface area contributed by atoms with E-state index in [2.05, 4.69) is 66.5 Å². The molecule has 4 aliphatic carbocycles. The molecule has 0 aromatic rings. The molecule has 4 rings (SSSR count). The third-order valence-electron chi connectivity index (χ3n) is 11.6. The van der Waals surface area contributed by atoms with Gasteiger partial charge in [-0.15, -0.1) is 11.6 Å². The normalized spacial score (nSPS) is 45.9. The summed E-state index contributed by atoms with van der Waals surface area (Å²) in [6, 6.07) is 0. The molecule has 36 heavy (non-hydrogen) atoms. The van der Waals surface area contributed by atoms with Crippen LogP contribution < -0.4 is 0 Å². The smallest absolute Gasteiger partial charge is 0.307 e. The van der Waals surface area contributed by atoms with E-state index in [1.54, 1.807) is 0 Å². The molecule has 0 bridgehead atoms. The molecular formula is C31H51Br2ClO2. The van der Waals surface area contributed by atoms with E-state index in [1.807, 2.05) is 6.92 Å². The molecule has 0 saturated heterocycles. The summed E-state index contributed by atoms with van der Waals surface area (Å²) in [5, 5.41) is -0.173. The van der Waals surface area contributed by atoms with Crippen molar-refractivity contribution in [3.63, 3.8) is 0 Å². The highest BCUT2D eigenvalue weighted by Gasteiger charge is 2.67. The molecule has 0 aliphatic heterocycles. The van der Waals surface area contributed by atoms with Gasteiger partial charge in [-0.1, -0.05) is 85.7 Å². The van der Waals surface area contributed by atoms with Crippen molar-refractivity contribution in [1.82, 2.24) is 0 Å². The lowest BCUT2D eigenvalue weighted by atomic mass is 9.44. The maximum absolute atomic E-state index is 12.4. The summed E-state index contributed by atoms with van der Waals surface area (Å²) in [4.78, 5) is 12.8. The highest BCUT2D eigenvalue weighted by atomic mass is 79.9. The summed E-state index contributed by atoms with van der Waals surface area (Å²) in [5.74, 6) is 4.87. The van der Waals surface area contributed by atoms with Crippen LogP contribution in [0.3, 0.4) is 0 Å². The first-order chi connectivity index (χ1) is 16.8. The summed E-state index contributed by atoms with van der Waals surface area (Å²) in [6.45, 7) is 14.4. The van der Waals surface area contributed by atoms with E-state index in [1.165, 1.54) is 51.4 Å². The molecule has 0 aromatic heterocycles. The van der Waals surface area contributed by atoms with Gasteiger partial charge in [-0.05, 0) is 98.2 Å². The lowest BCUT2D eigenvalue weighted by molar-refractivity contribution is -0.158. The number of hydrogen-bond donors (Lipinski definition) is 0. The largest absolute Gasteiger partial charge is 0.462 e. The molecule has 11 atom stereocenters. The van der Waals surface area contributed by atoms with Gasteiger partial charge in [-0.25, -0.2) is 0 Å². The number of halogens is 3. The molecule has 5 heteroatoms. The third-order valence-corrected chi connectivity index (χ3v) is 15.3. The van der Waals surface area contributed by atoms with Gasteiger partial charge in [0.15, 0.2) is 0 Å². The fourth-order valence-electron chi connectivity index (χ4n) is 9.74. The summed E-state index contributed by atoms with van der Waals surface area (Å²) in [7, 11) is 0. The van der Waals surface area contributed by atoms with Gasteiger partial charge in [0.1, 0.15) is 6.10 Å². The molecule has 0 unspecified atom stereocenters. The second kappa shape index (κ2) is 11.3. The first-order valence-corrected chi connectivity index (χ1v) is 17.1. The molecule has 2 nitrogen and oxygen atoms in total. The van der Waals surface area contributed by atoms with Crippen LogP contribution in [0.25, 0.3) is 0 Å². The van der Waals surface area contributed by atoms with E-state index in [9.17, 15) is 4.79 Å². The lowest BCUT2D eigenvalue weighted by Gasteiger charge is -2.66. The zero-order valence-corrected chi connectivity index (χ0v) is 27.6. The quantitative estimate of drug-likeness (QED) is 0.193. The van der Waals surface area contributed by atoms with E-state index in [-0.39, 0.29) is 27.2 Å². The van der Waals surface area contributed by atoms with Gasteiger partial charge in [-0.3, -0.25) is 4.79 Å². The van der Waals surface area contributed by atoms with Crippen molar-refractivity contribution in [2.45, 2.75) is 139 Å². The van der Waals surface area contributed by atoms with Crippen LogP contribution in [0, 0.1) is 46.3 Å². The number of rotatable bonds is 8. The minimum atomic E-state index is -0.173. The fraction of sp³-hybridized carbons (Fsp3) is 0.968. The Labute approximate surface area is 243 Å². The Kier molecular flexibility index (Phi) is 9.32. The molecule has 0 spiro atoms. The van der Waals surface area contributed by atoms with Crippen LogP contribution in [0.4, 0.5) is 0 Å². The van der Waals surface area contributed by atoms with Gasteiger partial charge in [0.2, 0.25) is 0 Å². The van der Waals surface area contributed by atoms with E-state index < -0.39 is 0 Å². The van der Waals surface area contributed by atoms with E-state index >= 15 is 0 Å². The summed E-state index contributed by atoms with van der Waals surface area (Å²) in [5.41, 5.74) is 0.744. The lowest BCUT2D eigenvalue weighted by Crippen LogP contribution is -2.64. The SMILES string of the molecule is CC(C)CCC[C@H](C)[C@H]1CC[C@H]2[C@@H]3C[C@H](Br)[C@@]4(Br)C[C@@H](OC(=O)C[C@@H](C)Cl)CC[C@]4(C)[C@H]3CC[C@]12C. The number of ether oxygens (including phenoxy) is 1. The molecule has 0 aromatic carbocycles. The summed E-state index contributed by atoms with van der Waals surface area (Å²) < 4.78 is 5.92. The minimum Gasteiger partial charge on any atom is -0.462 e. The number of alkyl halides is 3. The summed E-state index contributed by atoms with van der Waals surface area (Å²) >= 11 is 14.6. The van der Waals surface area contributed by atoms with E-state index in [0.29, 0.717) is 16.7 Å². The highest BCUT2D eigenvalue weighted by molar-refractivity contribution is 9.12. The van der Waals surface area contributed by atoms with Gasteiger partial charge in [0, 0.05) is 20.9 Å². The van der Waals surface area contributed by atoms with Crippen molar-refractivity contribution < 1.29 is 9.53 Å². The zero-order valence-electron chi connectivity index (χ0n) is 23.6. The molecular weight excluding hydrogens is 600 g/mol. The predicted octanol–water partition coefficient (Wildman–Crippen LogP) is 9.93. The topological polar surface area (TPSA) is 26.3 Å². The van der Waals surface area contributed by atoms with Crippen LogP contribution in [0.1, 0.15) is 119 Å².